The van der Waals surface area contributed by atoms with Gasteiger partial charge in [-0.2, -0.15) is 0 Å². The van der Waals surface area contributed by atoms with E-state index < -0.39 is 11.6 Å². The molecule has 6 heteroatoms. The van der Waals surface area contributed by atoms with Crippen LogP contribution in [-0.4, -0.2) is 30.3 Å². The maximum absolute atomic E-state index is 13.6. The summed E-state index contributed by atoms with van der Waals surface area (Å²) in [5.74, 6) is -2.12. The Bertz CT molecular complexity index is 705. The highest BCUT2D eigenvalue weighted by Crippen LogP contribution is 2.11. The standard InChI is InChI=1S/C17H16F2N2O2/c1-21(11-13-7-8-14(18)9-15(13)19)16(22)10-20-17(23)12-5-3-2-4-6-12/h2-9H,10-11H2,1H3,(H,20,23). The lowest BCUT2D eigenvalue weighted by Gasteiger charge is -2.18. The first kappa shape index (κ1) is 16.6. The summed E-state index contributed by atoms with van der Waals surface area (Å²) < 4.78 is 26.4. The van der Waals surface area contributed by atoms with Crippen molar-refractivity contribution in [2.24, 2.45) is 0 Å². The molecular formula is C17H16F2N2O2. The zero-order chi connectivity index (χ0) is 16.8. The number of rotatable bonds is 5. The average Bonchev–Trinajstić information content (AvgIpc) is 2.55. The molecular weight excluding hydrogens is 302 g/mol. The molecule has 0 bridgehead atoms. The van der Waals surface area contributed by atoms with E-state index in [4.69, 9.17) is 0 Å². The fourth-order valence-electron chi connectivity index (χ4n) is 1.98. The Morgan fingerprint density at radius 2 is 1.78 bits per heavy atom. The van der Waals surface area contributed by atoms with Gasteiger partial charge in [-0.05, 0) is 18.2 Å². The number of likely N-dealkylation sites (N-methyl/N-ethyl adjacent to an activating group) is 1. The molecule has 0 aromatic heterocycles. The van der Waals surface area contributed by atoms with E-state index in [1.807, 2.05) is 0 Å². The van der Waals surface area contributed by atoms with Gasteiger partial charge in [0.1, 0.15) is 11.6 Å². The lowest BCUT2D eigenvalue weighted by Crippen LogP contribution is -2.37. The molecule has 0 fully saturated rings. The van der Waals surface area contributed by atoms with Crippen LogP contribution >= 0.6 is 0 Å². The fraction of sp³-hybridized carbons (Fsp3) is 0.176. The topological polar surface area (TPSA) is 49.4 Å². The Labute approximate surface area is 132 Å². The number of nitrogens with one attached hydrogen (secondary N) is 1. The molecule has 4 nitrogen and oxygen atoms in total. The molecule has 0 spiro atoms. The predicted octanol–water partition coefficient (Wildman–Crippen LogP) is 2.35. The zero-order valence-electron chi connectivity index (χ0n) is 12.6. The van der Waals surface area contributed by atoms with Crippen LogP contribution in [0.15, 0.2) is 48.5 Å². The monoisotopic (exact) mass is 318 g/mol. The number of halogens is 2. The number of carbonyl (C=O) groups is 2. The van der Waals surface area contributed by atoms with Crippen molar-refractivity contribution >= 4 is 11.8 Å². The largest absolute Gasteiger partial charge is 0.343 e. The smallest absolute Gasteiger partial charge is 0.251 e. The highest BCUT2D eigenvalue weighted by atomic mass is 19.1. The van der Waals surface area contributed by atoms with Crippen LogP contribution in [-0.2, 0) is 11.3 Å². The van der Waals surface area contributed by atoms with Crippen molar-refractivity contribution < 1.29 is 18.4 Å². The number of benzene rings is 2. The van der Waals surface area contributed by atoms with Crippen LogP contribution in [0.4, 0.5) is 8.78 Å². The van der Waals surface area contributed by atoms with Gasteiger partial charge in [0, 0.05) is 30.8 Å². The van der Waals surface area contributed by atoms with Gasteiger partial charge in [0.2, 0.25) is 5.91 Å². The summed E-state index contributed by atoms with van der Waals surface area (Å²) in [6, 6.07) is 11.7. The molecule has 0 unspecified atom stereocenters. The van der Waals surface area contributed by atoms with Gasteiger partial charge in [-0.25, -0.2) is 8.78 Å². The maximum atomic E-state index is 13.6. The molecule has 0 aliphatic rings. The number of hydrogen-bond acceptors (Lipinski definition) is 2. The summed E-state index contributed by atoms with van der Waals surface area (Å²) in [7, 11) is 1.49. The Morgan fingerprint density at radius 3 is 2.43 bits per heavy atom. The molecule has 120 valence electrons. The molecule has 0 atom stereocenters. The van der Waals surface area contributed by atoms with E-state index in [1.165, 1.54) is 18.0 Å². The molecule has 0 aliphatic heterocycles. The van der Waals surface area contributed by atoms with Crippen LogP contribution in [0, 0.1) is 11.6 Å². The van der Waals surface area contributed by atoms with Crippen LogP contribution in [0.2, 0.25) is 0 Å². The van der Waals surface area contributed by atoms with Crippen LogP contribution in [0.25, 0.3) is 0 Å². The molecule has 2 rings (SSSR count). The van der Waals surface area contributed by atoms with E-state index >= 15 is 0 Å². The van der Waals surface area contributed by atoms with E-state index in [-0.39, 0.29) is 30.5 Å². The number of hydrogen-bond donors (Lipinski definition) is 1. The highest BCUT2D eigenvalue weighted by Gasteiger charge is 2.14. The lowest BCUT2D eigenvalue weighted by molar-refractivity contribution is -0.129. The molecule has 2 amide bonds. The van der Waals surface area contributed by atoms with E-state index in [0.29, 0.717) is 5.56 Å². The normalized spacial score (nSPS) is 10.2. The summed E-state index contributed by atoms with van der Waals surface area (Å²) >= 11 is 0. The van der Waals surface area contributed by atoms with E-state index in [2.05, 4.69) is 5.32 Å². The number of carbonyl (C=O) groups excluding carboxylic acids is 2. The summed E-state index contributed by atoms with van der Waals surface area (Å²) in [5.41, 5.74) is 0.657. The highest BCUT2D eigenvalue weighted by molar-refractivity contribution is 5.96. The second-order valence-electron chi connectivity index (χ2n) is 5.03. The van der Waals surface area contributed by atoms with E-state index in [0.717, 1.165) is 12.1 Å². The van der Waals surface area contributed by atoms with Gasteiger partial charge in [-0.15, -0.1) is 0 Å². The Kier molecular flexibility index (Phi) is 5.41. The second kappa shape index (κ2) is 7.49. The summed E-state index contributed by atoms with van der Waals surface area (Å²) in [6.45, 7) is -0.209. The molecule has 23 heavy (non-hydrogen) atoms. The second-order valence-corrected chi connectivity index (χ2v) is 5.03. The van der Waals surface area contributed by atoms with Gasteiger partial charge < -0.3 is 10.2 Å². The quantitative estimate of drug-likeness (QED) is 0.920. The van der Waals surface area contributed by atoms with Crippen LogP contribution in [0.1, 0.15) is 15.9 Å². The minimum atomic E-state index is -0.710. The van der Waals surface area contributed by atoms with Crippen molar-refractivity contribution in [3.05, 3.63) is 71.3 Å². The average molecular weight is 318 g/mol. The first-order chi connectivity index (χ1) is 11.0. The van der Waals surface area contributed by atoms with Gasteiger partial charge in [-0.1, -0.05) is 24.3 Å². The van der Waals surface area contributed by atoms with Gasteiger partial charge in [0.05, 0.1) is 6.54 Å². The molecule has 0 aliphatic carbocycles. The third-order valence-electron chi connectivity index (χ3n) is 3.28. The van der Waals surface area contributed by atoms with Gasteiger partial charge in [0.15, 0.2) is 0 Å². The number of amides is 2. The molecule has 0 radical (unpaired) electrons. The van der Waals surface area contributed by atoms with Crippen molar-refractivity contribution in [2.75, 3.05) is 13.6 Å². The van der Waals surface area contributed by atoms with Gasteiger partial charge in [0.25, 0.3) is 5.91 Å². The molecule has 0 heterocycles. The Morgan fingerprint density at radius 1 is 1.09 bits per heavy atom. The third-order valence-corrected chi connectivity index (χ3v) is 3.28. The SMILES string of the molecule is CN(Cc1ccc(F)cc1F)C(=O)CNC(=O)c1ccccc1. The summed E-state index contributed by atoms with van der Waals surface area (Å²) in [5, 5.41) is 2.51. The predicted molar refractivity (Wildman–Crippen MR) is 81.6 cm³/mol. The molecule has 1 N–H and O–H groups in total. The van der Waals surface area contributed by atoms with Crippen molar-refractivity contribution in [3.8, 4) is 0 Å². The summed E-state index contributed by atoms with van der Waals surface area (Å²) in [6.07, 6.45) is 0. The zero-order valence-corrected chi connectivity index (χ0v) is 12.6. The first-order valence-corrected chi connectivity index (χ1v) is 6.98. The van der Waals surface area contributed by atoms with Crippen molar-refractivity contribution in [3.63, 3.8) is 0 Å². The van der Waals surface area contributed by atoms with Crippen LogP contribution in [0.3, 0.4) is 0 Å². The molecule has 2 aromatic rings. The minimum Gasteiger partial charge on any atom is -0.343 e. The third kappa shape index (κ3) is 4.60. The van der Waals surface area contributed by atoms with Gasteiger partial charge >= 0.3 is 0 Å². The summed E-state index contributed by atoms with van der Waals surface area (Å²) in [4.78, 5) is 25.1. The Hall–Kier alpha value is -2.76. The fourth-order valence-corrected chi connectivity index (χ4v) is 1.98. The Balaban J connectivity index is 1.89. The molecule has 0 saturated carbocycles. The lowest BCUT2D eigenvalue weighted by atomic mass is 10.2. The number of nitrogens with zero attached hydrogens (tertiary/aromatic N) is 1. The van der Waals surface area contributed by atoms with E-state index in [1.54, 1.807) is 30.3 Å². The van der Waals surface area contributed by atoms with Gasteiger partial charge in [-0.3, -0.25) is 9.59 Å². The first-order valence-electron chi connectivity index (χ1n) is 6.98. The minimum absolute atomic E-state index is 0.00778. The van der Waals surface area contributed by atoms with E-state index in [9.17, 15) is 18.4 Å². The molecule has 0 saturated heterocycles. The van der Waals surface area contributed by atoms with Crippen molar-refractivity contribution in [1.29, 1.82) is 0 Å². The van der Waals surface area contributed by atoms with Crippen LogP contribution in [0.5, 0.6) is 0 Å². The molecule has 2 aromatic carbocycles. The van der Waals surface area contributed by atoms with Crippen LogP contribution < -0.4 is 5.32 Å². The van der Waals surface area contributed by atoms with Crippen molar-refractivity contribution in [1.82, 2.24) is 10.2 Å². The maximum Gasteiger partial charge on any atom is 0.251 e. The van der Waals surface area contributed by atoms with Crippen molar-refractivity contribution in [2.45, 2.75) is 6.54 Å².